The highest BCUT2D eigenvalue weighted by atomic mass is 16.5. The van der Waals surface area contributed by atoms with Gasteiger partial charge < -0.3 is 15.8 Å². The van der Waals surface area contributed by atoms with Crippen LogP contribution in [0, 0.1) is 0 Å². The molecule has 3 N–H and O–H groups in total. The summed E-state index contributed by atoms with van der Waals surface area (Å²) in [4.78, 5) is 13.0. The van der Waals surface area contributed by atoms with Gasteiger partial charge in [-0.25, -0.2) is 0 Å². The molecule has 1 aliphatic rings. The van der Waals surface area contributed by atoms with Crippen LogP contribution in [0.1, 0.15) is 18.4 Å². The molecule has 1 unspecified atom stereocenters. The molecule has 0 bridgehead atoms. The van der Waals surface area contributed by atoms with E-state index in [4.69, 9.17) is 10.5 Å². The Morgan fingerprint density at radius 1 is 1.45 bits per heavy atom. The van der Waals surface area contributed by atoms with Crippen LogP contribution in [-0.2, 0) is 11.3 Å². The first-order chi connectivity index (χ1) is 9.65. The topological polar surface area (TPSA) is 67.6 Å². The quantitative estimate of drug-likeness (QED) is 0.804. The molecule has 0 aliphatic carbocycles. The van der Waals surface area contributed by atoms with E-state index in [0.29, 0.717) is 11.8 Å². The van der Waals surface area contributed by atoms with Gasteiger partial charge in [-0.05, 0) is 44.1 Å². The Kier molecular flexibility index (Phi) is 5.38. The van der Waals surface area contributed by atoms with Crippen LogP contribution >= 0.6 is 0 Å². The molecule has 2 rings (SSSR count). The van der Waals surface area contributed by atoms with Crippen molar-refractivity contribution in [2.75, 3.05) is 26.7 Å². The molecule has 5 heteroatoms. The van der Waals surface area contributed by atoms with E-state index in [2.05, 4.69) is 17.3 Å². The fourth-order valence-corrected chi connectivity index (χ4v) is 2.47. The zero-order valence-electron chi connectivity index (χ0n) is 12.0. The first-order valence-electron chi connectivity index (χ1n) is 7.06. The minimum Gasteiger partial charge on any atom is -0.484 e. The van der Waals surface area contributed by atoms with Crippen LogP contribution in [-0.4, -0.2) is 43.6 Å². The lowest BCUT2D eigenvalue weighted by atomic mass is 10.1. The normalized spacial score (nSPS) is 19.0. The maximum Gasteiger partial charge on any atom is 0.255 e. The van der Waals surface area contributed by atoms with Crippen molar-refractivity contribution >= 4 is 5.91 Å². The summed E-state index contributed by atoms with van der Waals surface area (Å²) in [6, 6.07) is 8.43. The Balaban J connectivity index is 1.84. The van der Waals surface area contributed by atoms with Gasteiger partial charge in [0.15, 0.2) is 6.61 Å². The van der Waals surface area contributed by atoms with Gasteiger partial charge in [-0.2, -0.15) is 0 Å². The molecule has 1 saturated heterocycles. The minimum atomic E-state index is -0.460. The highest BCUT2D eigenvalue weighted by molar-refractivity contribution is 5.75. The number of hydrogen-bond acceptors (Lipinski definition) is 4. The molecule has 110 valence electrons. The average Bonchev–Trinajstić information content (AvgIpc) is 2.47. The first kappa shape index (κ1) is 14.8. The molecule has 1 aromatic rings. The molecule has 1 heterocycles. The summed E-state index contributed by atoms with van der Waals surface area (Å²) in [5, 5.41) is 3.43. The smallest absolute Gasteiger partial charge is 0.255 e. The van der Waals surface area contributed by atoms with Gasteiger partial charge in [0.2, 0.25) is 0 Å². The zero-order chi connectivity index (χ0) is 14.4. The van der Waals surface area contributed by atoms with Crippen molar-refractivity contribution < 1.29 is 9.53 Å². The van der Waals surface area contributed by atoms with Gasteiger partial charge in [0.05, 0.1) is 0 Å². The SMILES string of the molecule is CN(Cc1ccc(OCC(N)=O)cc1)C1CCCNC1. The lowest BCUT2D eigenvalue weighted by molar-refractivity contribution is -0.119. The largest absolute Gasteiger partial charge is 0.484 e. The second-order valence-electron chi connectivity index (χ2n) is 5.31. The summed E-state index contributed by atoms with van der Waals surface area (Å²) < 4.78 is 5.25. The van der Waals surface area contributed by atoms with E-state index in [0.717, 1.165) is 19.6 Å². The van der Waals surface area contributed by atoms with Crippen LogP contribution < -0.4 is 15.8 Å². The highest BCUT2D eigenvalue weighted by Crippen LogP contribution is 2.16. The number of amides is 1. The monoisotopic (exact) mass is 277 g/mol. The van der Waals surface area contributed by atoms with Crippen molar-refractivity contribution in [3.63, 3.8) is 0 Å². The predicted molar refractivity (Wildman–Crippen MR) is 78.5 cm³/mol. The van der Waals surface area contributed by atoms with Crippen molar-refractivity contribution in [1.29, 1.82) is 0 Å². The van der Waals surface area contributed by atoms with Crippen molar-refractivity contribution in [3.8, 4) is 5.75 Å². The van der Waals surface area contributed by atoms with E-state index in [-0.39, 0.29) is 6.61 Å². The second kappa shape index (κ2) is 7.26. The van der Waals surface area contributed by atoms with Crippen LogP contribution in [0.4, 0.5) is 0 Å². The average molecular weight is 277 g/mol. The van der Waals surface area contributed by atoms with Gasteiger partial charge in [-0.15, -0.1) is 0 Å². The number of nitrogens with zero attached hydrogens (tertiary/aromatic N) is 1. The number of nitrogens with two attached hydrogens (primary N) is 1. The van der Waals surface area contributed by atoms with Crippen LogP contribution in [0.5, 0.6) is 5.75 Å². The van der Waals surface area contributed by atoms with Gasteiger partial charge in [-0.1, -0.05) is 12.1 Å². The molecule has 1 aliphatic heterocycles. The van der Waals surface area contributed by atoms with Crippen molar-refractivity contribution in [2.24, 2.45) is 5.73 Å². The number of nitrogens with one attached hydrogen (secondary N) is 1. The maximum absolute atomic E-state index is 10.6. The van der Waals surface area contributed by atoms with Crippen molar-refractivity contribution in [1.82, 2.24) is 10.2 Å². The van der Waals surface area contributed by atoms with E-state index in [1.54, 1.807) is 0 Å². The number of likely N-dealkylation sites (N-methyl/N-ethyl adjacent to an activating group) is 1. The second-order valence-corrected chi connectivity index (χ2v) is 5.31. The standard InChI is InChI=1S/C15H23N3O2/c1-18(13-3-2-8-17-9-13)10-12-4-6-14(7-5-12)20-11-15(16)19/h4-7,13,17H,2-3,8-11H2,1H3,(H2,16,19). The van der Waals surface area contributed by atoms with Crippen LogP contribution in [0.3, 0.4) is 0 Å². The highest BCUT2D eigenvalue weighted by Gasteiger charge is 2.17. The number of piperidine rings is 1. The molecule has 1 atom stereocenters. The molecule has 0 aromatic heterocycles. The molecule has 0 saturated carbocycles. The first-order valence-corrected chi connectivity index (χ1v) is 7.06. The van der Waals surface area contributed by atoms with E-state index < -0.39 is 5.91 Å². The van der Waals surface area contributed by atoms with Gasteiger partial charge in [0.1, 0.15) is 5.75 Å². The summed E-state index contributed by atoms with van der Waals surface area (Å²) >= 11 is 0. The molecule has 5 nitrogen and oxygen atoms in total. The van der Waals surface area contributed by atoms with Crippen LogP contribution in [0.15, 0.2) is 24.3 Å². The lowest BCUT2D eigenvalue weighted by Gasteiger charge is -2.31. The zero-order valence-corrected chi connectivity index (χ0v) is 12.0. The number of hydrogen-bond donors (Lipinski definition) is 2. The third-order valence-electron chi connectivity index (χ3n) is 3.63. The summed E-state index contributed by atoms with van der Waals surface area (Å²) in [6.45, 7) is 3.04. The van der Waals surface area contributed by atoms with Gasteiger partial charge in [-0.3, -0.25) is 9.69 Å². The minimum absolute atomic E-state index is 0.0764. The van der Waals surface area contributed by atoms with Gasteiger partial charge >= 0.3 is 0 Å². The number of carbonyl (C=O) groups is 1. The van der Waals surface area contributed by atoms with E-state index >= 15 is 0 Å². The fourth-order valence-electron chi connectivity index (χ4n) is 2.47. The molecule has 1 aromatic carbocycles. The maximum atomic E-state index is 10.6. The molecule has 1 fully saturated rings. The molecular formula is C15H23N3O2. The summed E-state index contributed by atoms with van der Waals surface area (Å²) in [5.41, 5.74) is 6.28. The van der Waals surface area contributed by atoms with Crippen molar-refractivity contribution in [3.05, 3.63) is 29.8 Å². The van der Waals surface area contributed by atoms with E-state index in [1.165, 1.54) is 18.4 Å². The van der Waals surface area contributed by atoms with Crippen molar-refractivity contribution in [2.45, 2.75) is 25.4 Å². The molecule has 1 amide bonds. The molecule has 20 heavy (non-hydrogen) atoms. The Hall–Kier alpha value is -1.59. The Bertz CT molecular complexity index is 427. The third-order valence-corrected chi connectivity index (χ3v) is 3.63. The number of ether oxygens (including phenoxy) is 1. The summed E-state index contributed by atoms with van der Waals surface area (Å²) in [5.74, 6) is 0.216. The Morgan fingerprint density at radius 2 is 2.20 bits per heavy atom. The molecular weight excluding hydrogens is 254 g/mol. The number of rotatable bonds is 6. The molecule has 0 radical (unpaired) electrons. The molecule has 0 spiro atoms. The van der Waals surface area contributed by atoms with E-state index in [9.17, 15) is 4.79 Å². The van der Waals surface area contributed by atoms with Crippen LogP contribution in [0.25, 0.3) is 0 Å². The van der Waals surface area contributed by atoms with E-state index in [1.807, 2.05) is 24.3 Å². The summed E-state index contributed by atoms with van der Waals surface area (Å²) in [7, 11) is 2.16. The fraction of sp³-hybridized carbons (Fsp3) is 0.533. The number of carbonyl (C=O) groups excluding carboxylic acids is 1. The number of benzene rings is 1. The predicted octanol–water partition coefficient (Wildman–Crippen LogP) is 0.735. The third kappa shape index (κ3) is 4.51. The lowest BCUT2D eigenvalue weighted by Crippen LogP contribution is -2.43. The van der Waals surface area contributed by atoms with Crippen LogP contribution in [0.2, 0.25) is 0 Å². The summed E-state index contributed by atoms with van der Waals surface area (Å²) in [6.07, 6.45) is 2.50. The van der Waals surface area contributed by atoms with Gasteiger partial charge in [0, 0.05) is 19.1 Å². The van der Waals surface area contributed by atoms with Gasteiger partial charge in [0.25, 0.3) is 5.91 Å². The number of primary amides is 1. The Morgan fingerprint density at radius 3 is 2.80 bits per heavy atom. The Labute approximate surface area is 120 Å².